The van der Waals surface area contributed by atoms with Gasteiger partial charge in [-0.15, -0.1) is 0 Å². The fourth-order valence-corrected chi connectivity index (χ4v) is 6.29. The lowest BCUT2D eigenvalue weighted by molar-refractivity contribution is -0.141. The molecule has 214 valence electrons. The second kappa shape index (κ2) is 14.0. The van der Waals surface area contributed by atoms with Crippen LogP contribution in [0.2, 0.25) is 5.02 Å². The van der Waals surface area contributed by atoms with Crippen LogP contribution in [0.1, 0.15) is 63.0 Å². The number of sulfonamides is 1. The van der Waals surface area contributed by atoms with Gasteiger partial charge in [-0.3, -0.25) is 13.9 Å². The van der Waals surface area contributed by atoms with E-state index in [1.165, 1.54) is 4.31 Å². The lowest BCUT2D eigenvalue weighted by Gasteiger charge is -2.32. The Kier molecular flexibility index (Phi) is 11.1. The van der Waals surface area contributed by atoms with Crippen molar-refractivity contribution >= 4 is 39.1 Å². The number of hydrogen-bond donors (Lipinski definition) is 1. The number of anilines is 1. The minimum Gasteiger partial charge on any atom is -0.497 e. The van der Waals surface area contributed by atoms with E-state index >= 15 is 0 Å². The van der Waals surface area contributed by atoms with Crippen molar-refractivity contribution in [3.63, 3.8) is 0 Å². The topological polar surface area (TPSA) is 96.0 Å². The van der Waals surface area contributed by atoms with Crippen molar-refractivity contribution < 1.29 is 22.7 Å². The summed E-state index contributed by atoms with van der Waals surface area (Å²) >= 11 is 6.24. The number of amides is 2. The molecular formula is C29H40ClN3O5S. The molecule has 10 heteroatoms. The molecule has 0 spiro atoms. The first-order valence-corrected chi connectivity index (χ1v) is 15.7. The number of rotatable bonds is 13. The molecule has 0 aliphatic heterocycles. The summed E-state index contributed by atoms with van der Waals surface area (Å²) in [6.07, 6.45) is 6.08. The molecule has 8 nitrogen and oxygen atoms in total. The maximum Gasteiger partial charge on any atom is 0.243 e. The highest BCUT2D eigenvalue weighted by Crippen LogP contribution is 2.29. The van der Waals surface area contributed by atoms with Crippen molar-refractivity contribution in [2.24, 2.45) is 0 Å². The second-order valence-electron chi connectivity index (χ2n) is 10.1. The van der Waals surface area contributed by atoms with Gasteiger partial charge in [0.15, 0.2) is 0 Å². The van der Waals surface area contributed by atoms with E-state index in [2.05, 4.69) is 5.32 Å². The van der Waals surface area contributed by atoms with E-state index in [9.17, 15) is 18.0 Å². The number of methoxy groups -OCH3 is 1. The predicted molar refractivity (Wildman–Crippen MR) is 156 cm³/mol. The highest BCUT2D eigenvalue weighted by Gasteiger charge is 2.31. The molecule has 0 unspecified atom stereocenters. The van der Waals surface area contributed by atoms with Crippen molar-refractivity contribution in [2.45, 2.75) is 77.4 Å². The van der Waals surface area contributed by atoms with E-state index in [1.54, 1.807) is 37.1 Å². The van der Waals surface area contributed by atoms with Gasteiger partial charge in [0.25, 0.3) is 0 Å². The molecule has 39 heavy (non-hydrogen) atoms. The molecule has 1 aliphatic rings. The Bertz CT molecular complexity index is 1250. The van der Waals surface area contributed by atoms with Crippen LogP contribution in [0, 0.1) is 6.92 Å². The third-order valence-electron chi connectivity index (χ3n) is 7.23. The average Bonchev–Trinajstić information content (AvgIpc) is 3.40. The first-order chi connectivity index (χ1) is 18.5. The fraction of sp³-hybridized carbons (Fsp3) is 0.517. The van der Waals surface area contributed by atoms with Gasteiger partial charge in [-0.2, -0.15) is 0 Å². The van der Waals surface area contributed by atoms with Crippen molar-refractivity contribution in [1.82, 2.24) is 10.2 Å². The quantitative estimate of drug-likeness (QED) is 0.358. The smallest absolute Gasteiger partial charge is 0.243 e. The third-order valence-corrected chi connectivity index (χ3v) is 8.82. The summed E-state index contributed by atoms with van der Waals surface area (Å²) in [5, 5.41) is 3.62. The second-order valence-corrected chi connectivity index (χ2v) is 12.4. The number of carbonyl (C=O) groups excluding carboxylic acids is 2. The normalized spacial score (nSPS) is 14.6. The zero-order chi connectivity index (χ0) is 28.6. The molecule has 2 aromatic rings. The van der Waals surface area contributed by atoms with Gasteiger partial charge < -0.3 is 15.0 Å². The number of benzene rings is 2. The van der Waals surface area contributed by atoms with Crippen LogP contribution in [0.25, 0.3) is 0 Å². The van der Waals surface area contributed by atoms with Crippen molar-refractivity contribution in [3.05, 3.63) is 58.6 Å². The largest absolute Gasteiger partial charge is 0.497 e. The Morgan fingerprint density at radius 1 is 1.15 bits per heavy atom. The SMILES string of the molecule is CC[C@H](C(=O)NC1CCCC1)N(Cc1cccc(OC)c1)C(=O)CCCN(c1cccc(Cl)c1C)S(C)(=O)=O. The Morgan fingerprint density at radius 2 is 1.85 bits per heavy atom. The van der Waals surface area contributed by atoms with E-state index in [0.29, 0.717) is 28.4 Å². The molecule has 3 rings (SSSR count). The summed E-state index contributed by atoms with van der Waals surface area (Å²) in [4.78, 5) is 28.6. The van der Waals surface area contributed by atoms with E-state index in [0.717, 1.165) is 37.5 Å². The van der Waals surface area contributed by atoms with Gasteiger partial charge in [0.2, 0.25) is 21.8 Å². The van der Waals surface area contributed by atoms with Gasteiger partial charge in [0, 0.05) is 30.6 Å². The molecule has 1 fully saturated rings. The predicted octanol–water partition coefficient (Wildman–Crippen LogP) is 5.07. The Hall–Kier alpha value is -2.78. The number of nitrogens with one attached hydrogen (secondary N) is 1. The zero-order valence-corrected chi connectivity index (χ0v) is 24.9. The molecule has 0 heterocycles. The summed E-state index contributed by atoms with van der Waals surface area (Å²) in [6, 6.07) is 12.1. The highest BCUT2D eigenvalue weighted by molar-refractivity contribution is 7.92. The van der Waals surface area contributed by atoms with E-state index in [-0.39, 0.29) is 43.8 Å². The average molecular weight is 578 g/mol. The summed E-state index contributed by atoms with van der Waals surface area (Å²) in [6.45, 7) is 4.03. The van der Waals surface area contributed by atoms with Gasteiger partial charge >= 0.3 is 0 Å². The number of ether oxygens (including phenoxy) is 1. The van der Waals surface area contributed by atoms with Crippen LogP contribution in [-0.4, -0.2) is 57.1 Å². The number of halogens is 1. The molecule has 2 amide bonds. The van der Waals surface area contributed by atoms with E-state index in [1.807, 2.05) is 31.2 Å². The third kappa shape index (κ3) is 8.35. The molecule has 1 saturated carbocycles. The van der Waals surface area contributed by atoms with E-state index < -0.39 is 16.1 Å². The summed E-state index contributed by atoms with van der Waals surface area (Å²) in [5.41, 5.74) is 2.00. The van der Waals surface area contributed by atoms with Crippen LogP contribution in [0.15, 0.2) is 42.5 Å². The minimum atomic E-state index is -3.61. The Balaban J connectivity index is 1.79. The van der Waals surface area contributed by atoms with Crippen LogP contribution in [0.4, 0.5) is 5.69 Å². The number of nitrogens with zero attached hydrogens (tertiary/aromatic N) is 2. The molecule has 2 aromatic carbocycles. The highest BCUT2D eigenvalue weighted by atomic mass is 35.5. The van der Waals surface area contributed by atoms with Gasteiger partial charge in [0.05, 0.1) is 19.1 Å². The molecule has 0 bridgehead atoms. The molecule has 1 N–H and O–H groups in total. The molecule has 1 aliphatic carbocycles. The van der Waals surface area contributed by atoms with Crippen molar-refractivity contribution in [1.29, 1.82) is 0 Å². The van der Waals surface area contributed by atoms with Gasteiger partial charge in [-0.05, 0) is 68.0 Å². The standard InChI is InChI=1S/C29H40ClN3O5S/c1-5-26(29(35)31-23-12-6-7-13-23)32(20-22-11-8-14-24(19-22)38-3)28(34)17-10-18-33(39(4,36)37)27-16-9-15-25(30)21(27)2/h8-9,11,14-16,19,23,26H,5-7,10,12-13,17-18,20H2,1-4H3,(H,31,35)/t26-/m1/s1. The lowest BCUT2D eigenvalue weighted by atomic mass is 10.1. The number of carbonyl (C=O) groups is 2. The summed E-state index contributed by atoms with van der Waals surface area (Å²) < 4.78 is 31.9. The first-order valence-electron chi connectivity index (χ1n) is 13.5. The van der Waals surface area contributed by atoms with Crippen molar-refractivity contribution in [2.75, 3.05) is 24.2 Å². The first kappa shape index (κ1) is 30.8. The van der Waals surface area contributed by atoms with Crippen LogP contribution in [0.5, 0.6) is 5.75 Å². The minimum absolute atomic E-state index is 0.0861. The summed E-state index contributed by atoms with van der Waals surface area (Å²) in [5.74, 6) is 0.319. The molecule has 0 radical (unpaired) electrons. The molecular weight excluding hydrogens is 538 g/mol. The Labute approximate surface area is 237 Å². The van der Waals surface area contributed by atoms with Gasteiger partial charge in [-0.1, -0.05) is 49.6 Å². The lowest BCUT2D eigenvalue weighted by Crippen LogP contribution is -2.51. The molecule has 1 atom stereocenters. The summed E-state index contributed by atoms with van der Waals surface area (Å²) in [7, 11) is -2.02. The van der Waals surface area contributed by atoms with Crippen LogP contribution in [0.3, 0.4) is 0 Å². The fourth-order valence-electron chi connectivity index (χ4n) is 5.10. The van der Waals surface area contributed by atoms with Gasteiger partial charge in [0.1, 0.15) is 11.8 Å². The van der Waals surface area contributed by atoms with E-state index in [4.69, 9.17) is 16.3 Å². The molecule has 0 saturated heterocycles. The van der Waals surface area contributed by atoms with Crippen molar-refractivity contribution in [3.8, 4) is 5.75 Å². The number of hydrogen-bond acceptors (Lipinski definition) is 5. The Morgan fingerprint density at radius 3 is 2.49 bits per heavy atom. The molecule has 0 aromatic heterocycles. The van der Waals surface area contributed by atoms with Crippen LogP contribution < -0.4 is 14.4 Å². The van der Waals surface area contributed by atoms with Crippen LogP contribution in [-0.2, 0) is 26.2 Å². The van der Waals surface area contributed by atoms with Gasteiger partial charge in [-0.25, -0.2) is 8.42 Å². The maximum absolute atomic E-state index is 13.7. The van der Waals surface area contributed by atoms with Crippen LogP contribution >= 0.6 is 11.6 Å². The monoisotopic (exact) mass is 577 g/mol. The zero-order valence-electron chi connectivity index (χ0n) is 23.3. The maximum atomic E-state index is 13.7.